The zero-order valence-electron chi connectivity index (χ0n) is 12.2. The highest BCUT2D eigenvalue weighted by molar-refractivity contribution is 5.34. The average molecular weight is 277 g/mol. The van der Waals surface area contributed by atoms with Crippen molar-refractivity contribution in [2.45, 2.75) is 38.3 Å². The molecule has 1 saturated heterocycles. The number of nitro benzene ring substituents is 1. The quantitative estimate of drug-likeness (QED) is 0.679. The van der Waals surface area contributed by atoms with Crippen molar-refractivity contribution in [3.8, 4) is 0 Å². The Balaban J connectivity index is 2.04. The number of rotatable bonds is 4. The van der Waals surface area contributed by atoms with Crippen LogP contribution in [0.2, 0.25) is 0 Å². The lowest BCUT2D eigenvalue weighted by atomic mass is 10.0. The Labute approximate surface area is 120 Å². The molecule has 1 aromatic rings. The molecule has 0 aromatic heterocycles. The molecule has 1 heterocycles. The third kappa shape index (κ3) is 3.55. The van der Waals surface area contributed by atoms with Gasteiger partial charge in [0, 0.05) is 24.2 Å². The second-order valence-corrected chi connectivity index (χ2v) is 5.52. The first-order valence-electron chi connectivity index (χ1n) is 7.26. The first-order valence-corrected chi connectivity index (χ1v) is 7.26. The first kappa shape index (κ1) is 14.9. The van der Waals surface area contributed by atoms with Gasteiger partial charge in [-0.3, -0.25) is 15.0 Å². The van der Waals surface area contributed by atoms with Crippen molar-refractivity contribution in [2.75, 3.05) is 20.1 Å². The smallest absolute Gasteiger partial charge is 0.269 e. The van der Waals surface area contributed by atoms with Crippen LogP contribution in [0.1, 0.15) is 37.8 Å². The third-order valence-corrected chi connectivity index (χ3v) is 4.32. The predicted molar refractivity (Wildman–Crippen MR) is 79.8 cm³/mol. The molecule has 2 unspecified atom stereocenters. The van der Waals surface area contributed by atoms with Crippen molar-refractivity contribution in [2.24, 2.45) is 0 Å². The van der Waals surface area contributed by atoms with Gasteiger partial charge in [-0.25, -0.2) is 0 Å². The first-order chi connectivity index (χ1) is 9.59. The number of hydrogen-bond donors (Lipinski definition) is 1. The molecule has 0 saturated carbocycles. The lowest BCUT2D eigenvalue weighted by Gasteiger charge is -2.32. The highest BCUT2D eigenvalue weighted by Gasteiger charge is 2.22. The van der Waals surface area contributed by atoms with Crippen LogP contribution in [0.25, 0.3) is 0 Å². The minimum absolute atomic E-state index is 0.155. The molecular weight excluding hydrogens is 254 g/mol. The number of non-ortho nitro benzene ring substituents is 1. The van der Waals surface area contributed by atoms with Gasteiger partial charge < -0.3 is 5.32 Å². The second-order valence-electron chi connectivity index (χ2n) is 5.52. The Kier molecular flexibility index (Phi) is 5.09. The van der Waals surface area contributed by atoms with Crippen molar-refractivity contribution in [1.29, 1.82) is 0 Å². The molecule has 0 spiro atoms. The zero-order valence-corrected chi connectivity index (χ0v) is 12.2. The van der Waals surface area contributed by atoms with Crippen LogP contribution in [0.5, 0.6) is 0 Å². The number of nitrogens with one attached hydrogen (secondary N) is 1. The van der Waals surface area contributed by atoms with E-state index in [2.05, 4.69) is 24.2 Å². The van der Waals surface area contributed by atoms with Crippen LogP contribution in [0, 0.1) is 10.1 Å². The normalized spacial score (nSPS) is 21.4. The summed E-state index contributed by atoms with van der Waals surface area (Å²) in [6.07, 6.45) is 3.58. The minimum Gasteiger partial charge on any atom is -0.317 e. The molecule has 0 aliphatic carbocycles. The van der Waals surface area contributed by atoms with Gasteiger partial charge in [0.15, 0.2) is 0 Å². The van der Waals surface area contributed by atoms with E-state index in [1.807, 2.05) is 12.1 Å². The Morgan fingerprint density at radius 1 is 1.30 bits per heavy atom. The molecule has 20 heavy (non-hydrogen) atoms. The fourth-order valence-corrected chi connectivity index (χ4v) is 2.83. The maximum absolute atomic E-state index is 10.7. The predicted octanol–water partition coefficient (Wildman–Crippen LogP) is 2.73. The van der Waals surface area contributed by atoms with E-state index in [1.54, 1.807) is 12.1 Å². The Hall–Kier alpha value is -1.46. The molecule has 0 radical (unpaired) electrons. The van der Waals surface area contributed by atoms with Crippen molar-refractivity contribution in [1.82, 2.24) is 10.2 Å². The number of benzene rings is 1. The lowest BCUT2D eigenvalue weighted by molar-refractivity contribution is -0.384. The van der Waals surface area contributed by atoms with Crippen LogP contribution in [0.15, 0.2) is 24.3 Å². The van der Waals surface area contributed by atoms with Gasteiger partial charge in [0.2, 0.25) is 0 Å². The molecule has 1 fully saturated rings. The summed E-state index contributed by atoms with van der Waals surface area (Å²) in [7, 11) is 2.15. The van der Waals surface area contributed by atoms with Gasteiger partial charge in [-0.2, -0.15) is 0 Å². The van der Waals surface area contributed by atoms with Gasteiger partial charge in [-0.05, 0) is 51.9 Å². The summed E-state index contributed by atoms with van der Waals surface area (Å²) in [6, 6.07) is 7.78. The van der Waals surface area contributed by atoms with Crippen molar-refractivity contribution >= 4 is 5.69 Å². The molecule has 1 aliphatic heterocycles. The summed E-state index contributed by atoms with van der Waals surface area (Å²) in [5, 5.41) is 14.1. The van der Waals surface area contributed by atoms with Gasteiger partial charge in [0.1, 0.15) is 0 Å². The minimum atomic E-state index is -0.352. The van der Waals surface area contributed by atoms with Crippen LogP contribution in [-0.2, 0) is 0 Å². The standard InChI is InChI=1S/C15H23N3O2/c1-12(13-5-7-15(8-6-13)18(19)20)17(2)14-4-3-10-16-11-9-14/h5-8,12,14,16H,3-4,9-11H2,1-2H3. The highest BCUT2D eigenvalue weighted by Crippen LogP contribution is 2.26. The summed E-state index contributed by atoms with van der Waals surface area (Å²) in [5.74, 6) is 0. The second kappa shape index (κ2) is 6.81. The van der Waals surface area contributed by atoms with Gasteiger partial charge in [-0.1, -0.05) is 12.1 Å². The monoisotopic (exact) mass is 277 g/mol. The molecule has 0 bridgehead atoms. The molecule has 5 heteroatoms. The van der Waals surface area contributed by atoms with Gasteiger partial charge in [0.25, 0.3) is 5.69 Å². The summed E-state index contributed by atoms with van der Waals surface area (Å²) in [5.41, 5.74) is 1.29. The van der Waals surface area contributed by atoms with E-state index in [9.17, 15) is 10.1 Å². The molecular formula is C15H23N3O2. The molecule has 2 rings (SSSR count). The van der Waals surface area contributed by atoms with Crippen LogP contribution < -0.4 is 5.32 Å². The molecule has 110 valence electrons. The number of nitro groups is 1. The van der Waals surface area contributed by atoms with Gasteiger partial charge >= 0.3 is 0 Å². The molecule has 1 aromatic carbocycles. The number of hydrogen-bond acceptors (Lipinski definition) is 4. The third-order valence-electron chi connectivity index (χ3n) is 4.32. The van der Waals surface area contributed by atoms with Crippen molar-refractivity contribution in [3.05, 3.63) is 39.9 Å². The van der Waals surface area contributed by atoms with Crippen molar-refractivity contribution < 1.29 is 4.92 Å². The highest BCUT2D eigenvalue weighted by atomic mass is 16.6. The zero-order chi connectivity index (χ0) is 14.5. The van der Waals surface area contributed by atoms with Gasteiger partial charge in [-0.15, -0.1) is 0 Å². The summed E-state index contributed by atoms with van der Waals surface area (Å²) in [6.45, 7) is 4.34. The number of nitrogens with zero attached hydrogens (tertiary/aromatic N) is 2. The van der Waals surface area contributed by atoms with E-state index in [0.29, 0.717) is 6.04 Å². The van der Waals surface area contributed by atoms with E-state index in [4.69, 9.17) is 0 Å². The summed E-state index contributed by atoms with van der Waals surface area (Å²) < 4.78 is 0. The Morgan fingerprint density at radius 3 is 2.65 bits per heavy atom. The summed E-state index contributed by atoms with van der Waals surface area (Å²) >= 11 is 0. The van der Waals surface area contributed by atoms with Crippen LogP contribution in [0.3, 0.4) is 0 Å². The van der Waals surface area contributed by atoms with Gasteiger partial charge in [0.05, 0.1) is 4.92 Å². The largest absolute Gasteiger partial charge is 0.317 e. The van der Waals surface area contributed by atoms with E-state index >= 15 is 0 Å². The maximum Gasteiger partial charge on any atom is 0.269 e. The Morgan fingerprint density at radius 2 is 2.00 bits per heavy atom. The average Bonchev–Trinajstić information content (AvgIpc) is 2.75. The van der Waals surface area contributed by atoms with E-state index in [-0.39, 0.29) is 16.7 Å². The summed E-state index contributed by atoms with van der Waals surface area (Å²) in [4.78, 5) is 12.7. The molecule has 2 atom stereocenters. The molecule has 0 amide bonds. The molecule has 1 N–H and O–H groups in total. The Bertz CT molecular complexity index is 439. The van der Waals surface area contributed by atoms with Crippen LogP contribution in [-0.4, -0.2) is 36.0 Å². The van der Waals surface area contributed by atoms with Crippen LogP contribution in [0.4, 0.5) is 5.69 Å². The van der Waals surface area contributed by atoms with E-state index < -0.39 is 0 Å². The SMILES string of the molecule is CC(c1ccc([N+](=O)[O-])cc1)N(C)C1CCCNCC1. The topological polar surface area (TPSA) is 58.4 Å². The van der Waals surface area contributed by atoms with Crippen molar-refractivity contribution in [3.63, 3.8) is 0 Å². The lowest BCUT2D eigenvalue weighted by Crippen LogP contribution is -2.34. The van der Waals surface area contributed by atoms with E-state index in [0.717, 1.165) is 25.1 Å². The fraction of sp³-hybridized carbons (Fsp3) is 0.600. The molecule has 1 aliphatic rings. The molecule has 5 nitrogen and oxygen atoms in total. The van der Waals surface area contributed by atoms with E-state index in [1.165, 1.54) is 12.8 Å². The fourth-order valence-electron chi connectivity index (χ4n) is 2.83. The van der Waals surface area contributed by atoms with Crippen LogP contribution >= 0.6 is 0 Å². The maximum atomic E-state index is 10.7.